The first-order valence-electron chi connectivity index (χ1n) is 9.11. The van der Waals surface area contributed by atoms with Crippen molar-refractivity contribution < 1.29 is 23.9 Å². The Labute approximate surface area is 168 Å². The molecule has 1 aliphatic heterocycles. The number of hydrogen-bond donors (Lipinski definition) is 3. The molecule has 3 rings (SSSR count). The fraction of sp³-hybridized carbons (Fsp3) is 0.286. The van der Waals surface area contributed by atoms with E-state index in [0.717, 1.165) is 5.56 Å². The number of nitrogens with one attached hydrogen (secondary N) is 3. The van der Waals surface area contributed by atoms with E-state index in [1.54, 1.807) is 50.2 Å². The Morgan fingerprint density at radius 2 is 1.62 bits per heavy atom. The Morgan fingerprint density at radius 3 is 2.34 bits per heavy atom. The molecule has 0 unspecified atom stereocenters. The summed E-state index contributed by atoms with van der Waals surface area (Å²) in [5.74, 6) is 0.220. The van der Waals surface area contributed by atoms with Crippen molar-refractivity contribution in [1.82, 2.24) is 5.32 Å². The van der Waals surface area contributed by atoms with Crippen LogP contribution in [0.4, 0.5) is 11.4 Å². The molecule has 0 saturated carbocycles. The molecule has 0 spiro atoms. The molecule has 3 amide bonds. The third-order valence-electron chi connectivity index (χ3n) is 4.47. The quantitative estimate of drug-likeness (QED) is 0.650. The minimum Gasteiger partial charge on any atom is -0.454 e. The fourth-order valence-corrected chi connectivity index (χ4v) is 2.72. The molecule has 3 N–H and O–H groups in total. The normalized spacial score (nSPS) is 12.2. The second-order valence-corrected chi connectivity index (χ2v) is 7.21. The second kappa shape index (κ2) is 8.22. The van der Waals surface area contributed by atoms with E-state index >= 15 is 0 Å². The second-order valence-electron chi connectivity index (χ2n) is 7.21. The van der Waals surface area contributed by atoms with Crippen molar-refractivity contribution in [3.8, 4) is 11.5 Å². The van der Waals surface area contributed by atoms with Gasteiger partial charge >= 0.3 is 0 Å². The third-order valence-corrected chi connectivity index (χ3v) is 4.47. The number of fused-ring (bicyclic) bond motifs is 1. The van der Waals surface area contributed by atoms with Crippen molar-refractivity contribution in [2.75, 3.05) is 17.4 Å². The molecule has 0 aliphatic carbocycles. The topological polar surface area (TPSA) is 106 Å². The number of rotatable bonds is 6. The summed E-state index contributed by atoms with van der Waals surface area (Å²) in [6, 6.07) is 12.1. The molecule has 1 aliphatic rings. The summed E-state index contributed by atoms with van der Waals surface area (Å²) in [6.45, 7) is 4.94. The van der Waals surface area contributed by atoms with Crippen LogP contribution in [0.3, 0.4) is 0 Å². The summed E-state index contributed by atoms with van der Waals surface area (Å²) in [6.07, 6.45) is 0. The molecule has 2 aromatic carbocycles. The molecule has 0 bridgehead atoms. The van der Waals surface area contributed by atoms with E-state index in [1.807, 2.05) is 6.07 Å². The molecule has 0 fully saturated rings. The van der Waals surface area contributed by atoms with Gasteiger partial charge in [0.1, 0.15) is 5.41 Å². The average Bonchev–Trinajstić information content (AvgIpc) is 3.13. The van der Waals surface area contributed by atoms with Crippen molar-refractivity contribution >= 4 is 29.1 Å². The van der Waals surface area contributed by atoms with Crippen molar-refractivity contribution in [1.29, 1.82) is 0 Å². The van der Waals surface area contributed by atoms with Gasteiger partial charge in [0.2, 0.25) is 24.5 Å². The van der Waals surface area contributed by atoms with E-state index in [4.69, 9.17) is 9.47 Å². The minimum atomic E-state index is -1.31. The Bertz CT molecular complexity index is 955. The summed E-state index contributed by atoms with van der Waals surface area (Å²) in [5, 5.41) is 8.15. The third kappa shape index (κ3) is 4.84. The lowest BCUT2D eigenvalue weighted by Gasteiger charge is -2.23. The van der Waals surface area contributed by atoms with Gasteiger partial charge in [0.05, 0.1) is 0 Å². The molecule has 152 valence electrons. The lowest BCUT2D eigenvalue weighted by Crippen LogP contribution is -2.44. The van der Waals surface area contributed by atoms with Gasteiger partial charge in [-0.3, -0.25) is 14.4 Å². The van der Waals surface area contributed by atoms with E-state index in [-0.39, 0.29) is 19.2 Å². The SMILES string of the molecule is CC(=O)Nc1cccc(NC(=O)C(C)(C)C(=O)NCc2ccc3c(c2)OCO3)c1. The van der Waals surface area contributed by atoms with Gasteiger partial charge in [-0.2, -0.15) is 0 Å². The molecule has 0 atom stereocenters. The molecule has 8 heteroatoms. The maximum Gasteiger partial charge on any atom is 0.239 e. The van der Waals surface area contributed by atoms with E-state index in [2.05, 4.69) is 16.0 Å². The number of carbonyl (C=O) groups excluding carboxylic acids is 3. The van der Waals surface area contributed by atoms with Crippen LogP contribution >= 0.6 is 0 Å². The van der Waals surface area contributed by atoms with Gasteiger partial charge in [0, 0.05) is 24.8 Å². The molecular formula is C21H23N3O5. The zero-order valence-electron chi connectivity index (χ0n) is 16.5. The van der Waals surface area contributed by atoms with Crippen LogP contribution in [0.5, 0.6) is 11.5 Å². The van der Waals surface area contributed by atoms with Crippen LogP contribution < -0.4 is 25.4 Å². The van der Waals surface area contributed by atoms with Crippen LogP contribution in [0, 0.1) is 5.41 Å². The Hall–Kier alpha value is -3.55. The molecular weight excluding hydrogens is 374 g/mol. The highest BCUT2D eigenvalue weighted by atomic mass is 16.7. The Morgan fingerprint density at radius 1 is 0.931 bits per heavy atom. The van der Waals surface area contributed by atoms with Crippen LogP contribution in [0.1, 0.15) is 26.3 Å². The van der Waals surface area contributed by atoms with E-state index in [1.165, 1.54) is 6.92 Å². The smallest absolute Gasteiger partial charge is 0.239 e. The van der Waals surface area contributed by atoms with Gasteiger partial charge in [-0.15, -0.1) is 0 Å². The molecule has 2 aromatic rings. The standard InChI is InChI=1S/C21H23N3O5/c1-13(25)23-15-5-4-6-16(10-15)24-20(27)21(2,3)19(26)22-11-14-7-8-17-18(9-14)29-12-28-17/h4-10H,11-12H2,1-3H3,(H,22,26)(H,23,25)(H,24,27). The molecule has 29 heavy (non-hydrogen) atoms. The molecule has 0 radical (unpaired) electrons. The Kier molecular flexibility index (Phi) is 5.72. The van der Waals surface area contributed by atoms with Crippen molar-refractivity contribution in [2.24, 2.45) is 5.41 Å². The van der Waals surface area contributed by atoms with E-state index in [0.29, 0.717) is 22.9 Å². The average molecular weight is 397 g/mol. The molecule has 0 aromatic heterocycles. The predicted molar refractivity (Wildman–Crippen MR) is 108 cm³/mol. The first-order chi connectivity index (χ1) is 13.8. The summed E-state index contributed by atoms with van der Waals surface area (Å²) in [7, 11) is 0. The molecule has 8 nitrogen and oxygen atoms in total. The highest BCUT2D eigenvalue weighted by Gasteiger charge is 2.36. The number of benzene rings is 2. The van der Waals surface area contributed by atoms with Crippen molar-refractivity contribution in [3.63, 3.8) is 0 Å². The maximum atomic E-state index is 12.7. The van der Waals surface area contributed by atoms with Gasteiger partial charge in [-0.1, -0.05) is 12.1 Å². The number of hydrogen-bond acceptors (Lipinski definition) is 5. The highest BCUT2D eigenvalue weighted by Crippen LogP contribution is 2.32. The maximum absolute atomic E-state index is 12.7. The summed E-state index contributed by atoms with van der Waals surface area (Å²) < 4.78 is 10.6. The van der Waals surface area contributed by atoms with Crippen LogP contribution in [0.25, 0.3) is 0 Å². The van der Waals surface area contributed by atoms with Crippen LogP contribution in [0.2, 0.25) is 0 Å². The van der Waals surface area contributed by atoms with Gasteiger partial charge in [-0.05, 0) is 49.7 Å². The zero-order valence-corrected chi connectivity index (χ0v) is 16.5. The number of amides is 3. The summed E-state index contributed by atoms with van der Waals surface area (Å²) >= 11 is 0. The number of carbonyl (C=O) groups is 3. The monoisotopic (exact) mass is 397 g/mol. The number of ether oxygens (including phenoxy) is 2. The fourth-order valence-electron chi connectivity index (χ4n) is 2.72. The Balaban J connectivity index is 1.60. The molecule has 1 heterocycles. The van der Waals surface area contributed by atoms with E-state index in [9.17, 15) is 14.4 Å². The highest BCUT2D eigenvalue weighted by molar-refractivity contribution is 6.10. The van der Waals surface area contributed by atoms with Crippen LogP contribution in [-0.4, -0.2) is 24.5 Å². The zero-order chi connectivity index (χ0) is 21.0. The predicted octanol–water partition coefficient (Wildman–Crippen LogP) is 2.65. The van der Waals surface area contributed by atoms with Gasteiger partial charge in [-0.25, -0.2) is 0 Å². The lowest BCUT2D eigenvalue weighted by molar-refractivity contribution is -0.138. The van der Waals surface area contributed by atoms with Gasteiger partial charge < -0.3 is 25.4 Å². The largest absolute Gasteiger partial charge is 0.454 e. The van der Waals surface area contributed by atoms with Crippen molar-refractivity contribution in [2.45, 2.75) is 27.3 Å². The lowest BCUT2D eigenvalue weighted by atomic mass is 9.90. The van der Waals surface area contributed by atoms with Gasteiger partial charge in [0.15, 0.2) is 11.5 Å². The minimum absolute atomic E-state index is 0.182. The van der Waals surface area contributed by atoms with Crippen LogP contribution in [0.15, 0.2) is 42.5 Å². The molecule has 0 saturated heterocycles. The number of anilines is 2. The van der Waals surface area contributed by atoms with Crippen molar-refractivity contribution in [3.05, 3.63) is 48.0 Å². The van der Waals surface area contributed by atoms with E-state index < -0.39 is 17.2 Å². The van der Waals surface area contributed by atoms with Gasteiger partial charge in [0.25, 0.3) is 0 Å². The summed E-state index contributed by atoms with van der Waals surface area (Å²) in [4.78, 5) is 36.5. The van der Waals surface area contributed by atoms with Crippen LogP contribution in [-0.2, 0) is 20.9 Å². The summed E-state index contributed by atoms with van der Waals surface area (Å²) in [5.41, 5.74) is 0.570. The first-order valence-corrected chi connectivity index (χ1v) is 9.11. The first kappa shape index (κ1) is 20.2.